The van der Waals surface area contributed by atoms with Crippen molar-refractivity contribution in [3.8, 4) is 11.5 Å². The zero-order valence-electron chi connectivity index (χ0n) is 21.2. The van der Waals surface area contributed by atoms with Crippen molar-refractivity contribution in [2.24, 2.45) is 0 Å². The highest BCUT2D eigenvalue weighted by Gasteiger charge is 2.28. The van der Waals surface area contributed by atoms with Gasteiger partial charge in [-0.2, -0.15) is 0 Å². The number of carbonyl (C=O) groups is 1. The Morgan fingerprint density at radius 1 is 0.842 bits per heavy atom. The van der Waals surface area contributed by atoms with Crippen molar-refractivity contribution >= 4 is 21.6 Å². The highest BCUT2D eigenvalue weighted by molar-refractivity contribution is 7.92. The molecule has 0 radical (unpaired) electrons. The summed E-state index contributed by atoms with van der Waals surface area (Å²) in [6.45, 7) is 1.56. The van der Waals surface area contributed by atoms with Crippen LogP contribution in [0.4, 0.5) is 5.69 Å². The van der Waals surface area contributed by atoms with Crippen LogP contribution in [0.5, 0.6) is 11.5 Å². The zero-order chi connectivity index (χ0) is 26.5. The number of para-hydroxylation sites is 1. The molecule has 1 aliphatic rings. The Labute approximate surface area is 223 Å². The molecular weight excluding hydrogens is 496 g/mol. The minimum atomic E-state index is -4.00. The summed E-state index contributed by atoms with van der Waals surface area (Å²) in [5, 5.41) is 2.99. The van der Waals surface area contributed by atoms with Crippen LogP contribution in [0, 0.1) is 0 Å². The third-order valence-corrected chi connectivity index (χ3v) is 8.51. The molecule has 1 aliphatic carbocycles. The van der Waals surface area contributed by atoms with Crippen LogP contribution in [0.1, 0.15) is 36.1 Å². The van der Waals surface area contributed by atoms with Crippen LogP contribution in [-0.2, 0) is 27.7 Å². The Kier molecular flexibility index (Phi) is 7.47. The summed E-state index contributed by atoms with van der Waals surface area (Å²) in [7, 11) is -4.00. The van der Waals surface area contributed by atoms with Crippen molar-refractivity contribution in [1.82, 2.24) is 5.32 Å². The molecule has 0 spiro atoms. The number of rotatable bonds is 9. The minimum Gasteiger partial charge on any atom is -0.457 e. The molecule has 0 aliphatic heterocycles. The van der Waals surface area contributed by atoms with Gasteiger partial charge in [-0.15, -0.1) is 0 Å². The van der Waals surface area contributed by atoms with E-state index in [9.17, 15) is 13.2 Å². The molecule has 0 fully saturated rings. The number of hydrogen-bond donors (Lipinski definition) is 1. The number of amides is 1. The van der Waals surface area contributed by atoms with Crippen molar-refractivity contribution < 1.29 is 17.9 Å². The van der Waals surface area contributed by atoms with Gasteiger partial charge in [-0.25, -0.2) is 8.42 Å². The maximum absolute atomic E-state index is 13.6. The fraction of sp³-hybridized carbons (Fsp3) is 0.194. The van der Waals surface area contributed by atoms with Crippen LogP contribution in [-0.4, -0.2) is 20.9 Å². The van der Waals surface area contributed by atoms with Gasteiger partial charge in [-0.1, -0.05) is 54.6 Å². The normalized spacial score (nSPS) is 13.4. The molecule has 7 heteroatoms. The van der Waals surface area contributed by atoms with Gasteiger partial charge in [0.05, 0.1) is 16.6 Å². The largest absolute Gasteiger partial charge is 0.457 e. The highest BCUT2D eigenvalue weighted by atomic mass is 32.2. The van der Waals surface area contributed by atoms with Crippen LogP contribution in [0.15, 0.2) is 108 Å². The number of sulfonamides is 1. The van der Waals surface area contributed by atoms with Crippen LogP contribution >= 0.6 is 0 Å². The lowest BCUT2D eigenvalue weighted by Gasteiger charge is -2.25. The lowest BCUT2D eigenvalue weighted by Crippen LogP contribution is -2.41. The second-order valence-corrected chi connectivity index (χ2v) is 11.3. The van der Waals surface area contributed by atoms with E-state index in [4.69, 9.17) is 4.74 Å². The molecule has 194 valence electrons. The van der Waals surface area contributed by atoms with E-state index >= 15 is 0 Å². The lowest BCUT2D eigenvalue weighted by molar-refractivity contribution is -0.120. The molecule has 38 heavy (non-hydrogen) atoms. The number of fused-ring (bicyclic) bond motifs is 1. The Morgan fingerprint density at radius 2 is 1.47 bits per heavy atom. The molecule has 1 N–H and O–H groups in total. The summed E-state index contributed by atoms with van der Waals surface area (Å²) < 4.78 is 34.3. The number of carbonyl (C=O) groups excluding carboxylic acids is 1. The monoisotopic (exact) mass is 526 g/mol. The third kappa shape index (κ3) is 5.73. The van der Waals surface area contributed by atoms with Gasteiger partial charge >= 0.3 is 0 Å². The molecule has 0 saturated heterocycles. The van der Waals surface area contributed by atoms with Crippen LogP contribution in [0.2, 0.25) is 0 Å². The first-order valence-corrected chi connectivity index (χ1v) is 14.2. The number of ether oxygens (including phenoxy) is 1. The fourth-order valence-corrected chi connectivity index (χ4v) is 6.14. The van der Waals surface area contributed by atoms with Gasteiger partial charge in [0.1, 0.15) is 18.0 Å². The summed E-state index contributed by atoms with van der Waals surface area (Å²) in [4.78, 5) is 13.3. The van der Waals surface area contributed by atoms with E-state index in [0.717, 1.165) is 29.1 Å². The first-order chi connectivity index (χ1) is 18.4. The van der Waals surface area contributed by atoms with Crippen molar-refractivity contribution in [3.05, 3.63) is 120 Å². The van der Waals surface area contributed by atoms with Crippen molar-refractivity contribution in [2.75, 3.05) is 10.8 Å². The maximum Gasteiger partial charge on any atom is 0.264 e. The Morgan fingerprint density at radius 3 is 2.18 bits per heavy atom. The topological polar surface area (TPSA) is 75.7 Å². The first kappa shape index (κ1) is 25.5. The Hall–Kier alpha value is -4.10. The molecular formula is C31H30N2O4S. The summed E-state index contributed by atoms with van der Waals surface area (Å²) >= 11 is 0. The van der Waals surface area contributed by atoms with E-state index in [0.29, 0.717) is 17.2 Å². The zero-order valence-corrected chi connectivity index (χ0v) is 22.0. The van der Waals surface area contributed by atoms with E-state index in [2.05, 4.69) is 17.4 Å². The molecule has 1 amide bonds. The maximum atomic E-state index is 13.6. The summed E-state index contributed by atoms with van der Waals surface area (Å²) in [6.07, 6.45) is 3.30. The highest BCUT2D eigenvalue weighted by Crippen LogP contribution is 2.29. The van der Waals surface area contributed by atoms with Gasteiger partial charge in [0.2, 0.25) is 5.91 Å². The molecule has 0 aromatic heterocycles. The van der Waals surface area contributed by atoms with E-state index < -0.39 is 10.0 Å². The second-order valence-electron chi connectivity index (χ2n) is 9.40. The van der Waals surface area contributed by atoms with E-state index in [1.165, 1.54) is 23.3 Å². The number of nitrogens with one attached hydrogen (secondary N) is 1. The van der Waals surface area contributed by atoms with E-state index in [1.54, 1.807) is 42.5 Å². The molecule has 4 aromatic carbocycles. The number of hydrogen-bond acceptors (Lipinski definition) is 4. The van der Waals surface area contributed by atoms with Gasteiger partial charge < -0.3 is 10.1 Å². The molecule has 0 heterocycles. The number of aryl methyl sites for hydroxylation is 2. The molecule has 1 atom stereocenters. The van der Waals surface area contributed by atoms with E-state index in [1.807, 2.05) is 43.3 Å². The van der Waals surface area contributed by atoms with Crippen molar-refractivity contribution in [3.63, 3.8) is 0 Å². The van der Waals surface area contributed by atoms with Gasteiger partial charge in [-0.05, 0) is 91.4 Å². The summed E-state index contributed by atoms with van der Waals surface area (Å²) in [6, 6.07) is 30.2. The van der Waals surface area contributed by atoms with E-state index in [-0.39, 0.29) is 23.4 Å². The molecule has 0 saturated carbocycles. The smallest absolute Gasteiger partial charge is 0.264 e. The number of benzene rings is 4. The van der Waals surface area contributed by atoms with Crippen LogP contribution in [0.3, 0.4) is 0 Å². The van der Waals surface area contributed by atoms with Gasteiger partial charge in [0, 0.05) is 0 Å². The summed E-state index contributed by atoms with van der Waals surface area (Å²) in [5.74, 6) is 0.850. The minimum absolute atomic E-state index is 0.115. The van der Waals surface area contributed by atoms with Crippen molar-refractivity contribution in [1.29, 1.82) is 0 Å². The van der Waals surface area contributed by atoms with Crippen molar-refractivity contribution in [2.45, 2.75) is 37.1 Å². The standard InChI is InChI=1S/C31H30N2O4S/c1-23(25-16-15-24-9-8-10-26(24)21-25)32-31(34)22-33(38(35,36)30-13-6-3-7-14-30)27-17-19-29(20-18-27)37-28-11-4-2-5-12-28/h2-7,11-21,23H,8-10,22H2,1H3,(H,32,34). The second kappa shape index (κ2) is 11.1. The molecule has 5 rings (SSSR count). The molecule has 0 bridgehead atoms. The van der Waals surface area contributed by atoms with Gasteiger partial charge in [-0.3, -0.25) is 9.10 Å². The average molecular weight is 527 g/mol. The molecule has 1 unspecified atom stereocenters. The molecule has 6 nitrogen and oxygen atoms in total. The summed E-state index contributed by atoms with van der Waals surface area (Å²) in [5.41, 5.74) is 4.08. The molecule has 4 aromatic rings. The fourth-order valence-electron chi connectivity index (χ4n) is 4.70. The quantitative estimate of drug-likeness (QED) is 0.289. The lowest BCUT2D eigenvalue weighted by atomic mass is 10.0. The van der Waals surface area contributed by atoms with Gasteiger partial charge in [0.25, 0.3) is 10.0 Å². The van der Waals surface area contributed by atoms with Crippen LogP contribution in [0.25, 0.3) is 0 Å². The SMILES string of the molecule is CC(NC(=O)CN(c1ccc(Oc2ccccc2)cc1)S(=O)(=O)c1ccccc1)c1ccc2c(c1)CCC2. The third-order valence-electron chi connectivity index (χ3n) is 6.72. The van der Waals surface area contributed by atoms with Crippen LogP contribution < -0.4 is 14.4 Å². The average Bonchev–Trinajstić information content (AvgIpc) is 3.41. The Balaban J connectivity index is 1.37. The number of nitrogens with zero attached hydrogens (tertiary/aromatic N) is 1. The van der Waals surface area contributed by atoms with Gasteiger partial charge in [0.15, 0.2) is 0 Å². The predicted octanol–water partition coefficient (Wildman–Crippen LogP) is 6.04. The Bertz CT molecular complexity index is 1510. The predicted molar refractivity (Wildman–Crippen MR) is 149 cm³/mol. The number of anilines is 1. The first-order valence-electron chi connectivity index (χ1n) is 12.7.